The van der Waals surface area contributed by atoms with Crippen molar-refractivity contribution < 1.29 is 31.5 Å². The summed E-state index contributed by atoms with van der Waals surface area (Å²) in [6.45, 7) is -1.47. The van der Waals surface area contributed by atoms with Crippen molar-refractivity contribution in [3.8, 4) is 5.75 Å². The van der Waals surface area contributed by atoms with Crippen molar-refractivity contribution in [2.45, 2.75) is 19.7 Å². The number of anilines is 1. The van der Waals surface area contributed by atoms with Crippen molar-refractivity contribution in [3.05, 3.63) is 41.2 Å². The van der Waals surface area contributed by atoms with Crippen LogP contribution in [0.4, 0.5) is 27.6 Å². The molecule has 0 atom stereocenters. The van der Waals surface area contributed by atoms with E-state index in [1.807, 2.05) is 0 Å². The lowest BCUT2D eigenvalue weighted by Gasteiger charge is -2.12. The molecular weight excluding hydrogens is 337 g/mol. The minimum Gasteiger partial charge on any atom is -0.433 e. The Balaban J connectivity index is 2.29. The highest BCUT2D eigenvalue weighted by Crippen LogP contribution is 2.30. The number of carbonyl (C=O) groups excluding carboxylic acids is 1. The number of ether oxygens (including phenoxy) is 1. The van der Waals surface area contributed by atoms with Crippen LogP contribution in [0.5, 0.6) is 5.75 Å². The van der Waals surface area contributed by atoms with Crippen LogP contribution in [0.3, 0.4) is 0 Å². The Morgan fingerprint density at radius 2 is 1.96 bits per heavy atom. The highest BCUT2D eigenvalue weighted by molar-refractivity contribution is 6.03. The average molecular weight is 349 g/mol. The maximum Gasteiger partial charge on any atom is 0.433 e. The van der Waals surface area contributed by atoms with E-state index in [0.29, 0.717) is 16.3 Å². The maximum absolute atomic E-state index is 12.7. The predicted octanol–water partition coefficient (Wildman–Crippen LogP) is 3.60. The number of halogens is 5. The number of rotatable bonds is 4. The van der Waals surface area contributed by atoms with Gasteiger partial charge in [-0.2, -0.15) is 27.1 Å². The first-order valence-electron chi connectivity index (χ1n) is 6.56. The molecule has 130 valence electrons. The Hall–Kier alpha value is -2.65. The van der Waals surface area contributed by atoms with Crippen molar-refractivity contribution in [1.29, 1.82) is 0 Å². The summed E-state index contributed by atoms with van der Waals surface area (Å²) in [6, 6.07) is 4.62. The van der Waals surface area contributed by atoms with E-state index in [1.165, 1.54) is 18.2 Å². The summed E-state index contributed by atoms with van der Waals surface area (Å²) in [6.07, 6.45) is -4.67. The SMILES string of the molecule is Cc1ccc(OC(F)F)c(NC(=O)c2cc(C(F)(F)F)n(C)n2)c1. The van der Waals surface area contributed by atoms with Gasteiger partial charge in [0.25, 0.3) is 5.91 Å². The molecule has 0 aliphatic carbocycles. The summed E-state index contributed by atoms with van der Waals surface area (Å²) >= 11 is 0. The number of carbonyl (C=O) groups is 1. The molecule has 24 heavy (non-hydrogen) atoms. The van der Waals surface area contributed by atoms with Gasteiger partial charge in [-0.3, -0.25) is 9.48 Å². The van der Waals surface area contributed by atoms with Crippen LogP contribution in [-0.4, -0.2) is 22.3 Å². The van der Waals surface area contributed by atoms with Crippen molar-refractivity contribution in [2.75, 3.05) is 5.32 Å². The van der Waals surface area contributed by atoms with Crippen LogP contribution < -0.4 is 10.1 Å². The van der Waals surface area contributed by atoms with Gasteiger partial charge in [-0.15, -0.1) is 0 Å². The van der Waals surface area contributed by atoms with E-state index in [9.17, 15) is 26.7 Å². The monoisotopic (exact) mass is 349 g/mol. The second-order valence-electron chi connectivity index (χ2n) is 4.87. The van der Waals surface area contributed by atoms with Crippen LogP contribution in [0.2, 0.25) is 0 Å². The molecular formula is C14H12F5N3O2. The molecule has 0 saturated heterocycles. The lowest BCUT2D eigenvalue weighted by molar-refractivity contribution is -0.143. The minimum atomic E-state index is -4.67. The van der Waals surface area contributed by atoms with Gasteiger partial charge in [0.1, 0.15) is 11.4 Å². The fourth-order valence-electron chi connectivity index (χ4n) is 1.97. The second-order valence-corrected chi connectivity index (χ2v) is 4.87. The van der Waals surface area contributed by atoms with Gasteiger partial charge in [0.05, 0.1) is 5.69 Å². The number of amides is 1. The fraction of sp³-hybridized carbons (Fsp3) is 0.286. The van der Waals surface area contributed by atoms with E-state index in [2.05, 4.69) is 15.2 Å². The number of aromatic nitrogens is 2. The zero-order valence-electron chi connectivity index (χ0n) is 12.5. The summed E-state index contributed by atoms with van der Waals surface area (Å²) in [5, 5.41) is 5.71. The topological polar surface area (TPSA) is 56.1 Å². The molecule has 0 unspecified atom stereocenters. The molecule has 1 amide bonds. The van der Waals surface area contributed by atoms with Crippen molar-refractivity contribution in [3.63, 3.8) is 0 Å². The molecule has 0 fully saturated rings. The van der Waals surface area contributed by atoms with E-state index < -0.39 is 30.1 Å². The summed E-state index contributed by atoms with van der Waals surface area (Å²) in [4.78, 5) is 12.1. The van der Waals surface area contributed by atoms with E-state index in [4.69, 9.17) is 0 Å². The van der Waals surface area contributed by atoms with Crippen molar-refractivity contribution >= 4 is 11.6 Å². The highest BCUT2D eigenvalue weighted by Gasteiger charge is 2.35. The smallest absolute Gasteiger partial charge is 0.433 e. The molecule has 0 aliphatic rings. The fourth-order valence-corrected chi connectivity index (χ4v) is 1.97. The minimum absolute atomic E-state index is 0.0977. The lowest BCUT2D eigenvalue weighted by atomic mass is 10.2. The molecule has 0 bridgehead atoms. The predicted molar refractivity (Wildman–Crippen MR) is 74.0 cm³/mol. The number of hydrogen-bond donors (Lipinski definition) is 1. The zero-order valence-corrected chi connectivity index (χ0v) is 12.5. The van der Waals surface area contributed by atoms with Gasteiger partial charge in [0, 0.05) is 13.1 Å². The summed E-state index contributed by atoms with van der Waals surface area (Å²) in [5.41, 5.74) is -1.08. The Labute approximate surface area is 133 Å². The first kappa shape index (κ1) is 17.7. The van der Waals surface area contributed by atoms with Gasteiger partial charge in [-0.25, -0.2) is 0 Å². The van der Waals surface area contributed by atoms with Crippen LogP contribution in [0, 0.1) is 6.92 Å². The molecule has 2 rings (SSSR count). The molecule has 1 N–H and O–H groups in total. The summed E-state index contributed by atoms with van der Waals surface area (Å²) in [7, 11) is 1.04. The third-order valence-corrected chi connectivity index (χ3v) is 3.00. The molecule has 0 spiro atoms. The second kappa shape index (κ2) is 6.46. The van der Waals surface area contributed by atoms with Gasteiger partial charge < -0.3 is 10.1 Å². The van der Waals surface area contributed by atoms with Crippen molar-refractivity contribution in [2.24, 2.45) is 7.05 Å². The first-order chi connectivity index (χ1) is 11.1. The Morgan fingerprint density at radius 3 is 2.50 bits per heavy atom. The van der Waals surface area contributed by atoms with Crippen LogP contribution in [0.25, 0.3) is 0 Å². The van der Waals surface area contributed by atoms with E-state index >= 15 is 0 Å². The van der Waals surface area contributed by atoms with Gasteiger partial charge in [0.15, 0.2) is 5.69 Å². The molecule has 1 aromatic heterocycles. The molecule has 1 heterocycles. The molecule has 0 saturated carbocycles. The molecule has 5 nitrogen and oxygen atoms in total. The number of nitrogens with one attached hydrogen (secondary N) is 1. The third-order valence-electron chi connectivity index (χ3n) is 3.00. The molecule has 0 radical (unpaired) electrons. The average Bonchev–Trinajstić information content (AvgIpc) is 2.83. The zero-order chi connectivity index (χ0) is 18.1. The maximum atomic E-state index is 12.7. The number of alkyl halides is 5. The standard InChI is InChI=1S/C14H12F5N3O2/c1-7-3-4-10(24-13(15)16)8(5-7)20-12(23)9-6-11(14(17,18)19)22(2)21-9/h3-6,13H,1-2H3,(H,20,23). The Kier molecular flexibility index (Phi) is 4.76. The summed E-state index contributed by atoms with van der Waals surface area (Å²) in [5.74, 6) is -1.29. The van der Waals surface area contributed by atoms with Gasteiger partial charge in [-0.05, 0) is 24.6 Å². The first-order valence-corrected chi connectivity index (χ1v) is 6.56. The third kappa shape index (κ3) is 4.00. The van der Waals surface area contributed by atoms with Gasteiger partial charge in [-0.1, -0.05) is 6.07 Å². The Bertz CT molecular complexity index is 755. The molecule has 10 heteroatoms. The number of aryl methyl sites for hydroxylation is 2. The van der Waals surface area contributed by atoms with Crippen molar-refractivity contribution in [1.82, 2.24) is 9.78 Å². The van der Waals surface area contributed by atoms with Gasteiger partial charge >= 0.3 is 12.8 Å². The quantitative estimate of drug-likeness (QED) is 0.858. The normalized spacial score (nSPS) is 11.7. The van der Waals surface area contributed by atoms with E-state index in [0.717, 1.165) is 7.05 Å². The molecule has 1 aromatic carbocycles. The highest BCUT2D eigenvalue weighted by atomic mass is 19.4. The van der Waals surface area contributed by atoms with E-state index in [-0.39, 0.29) is 11.4 Å². The number of hydrogen-bond acceptors (Lipinski definition) is 3. The number of benzene rings is 1. The number of nitrogens with zero attached hydrogens (tertiary/aromatic N) is 2. The Morgan fingerprint density at radius 1 is 1.29 bits per heavy atom. The van der Waals surface area contributed by atoms with Crippen LogP contribution in [0.15, 0.2) is 24.3 Å². The van der Waals surface area contributed by atoms with E-state index in [1.54, 1.807) is 6.92 Å². The summed E-state index contributed by atoms with van der Waals surface area (Å²) < 4.78 is 67.7. The largest absolute Gasteiger partial charge is 0.433 e. The van der Waals surface area contributed by atoms with Crippen LogP contribution in [-0.2, 0) is 13.2 Å². The molecule has 0 aliphatic heterocycles. The van der Waals surface area contributed by atoms with Gasteiger partial charge in [0.2, 0.25) is 0 Å². The van der Waals surface area contributed by atoms with Crippen LogP contribution in [0.1, 0.15) is 21.7 Å². The van der Waals surface area contributed by atoms with Crippen LogP contribution >= 0.6 is 0 Å². The lowest BCUT2D eigenvalue weighted by Crippen LogP contribution is -2.15. The molecule has 2 aromatic rings.